The predicted octanol–water partition coefficient (Wildman–Crippen LogP) is 3.09. The van der Waals surface area contributed by atoms with E-state index in [9.17, 15) is 0 Å². The van der Waals surface area contributed by atoms with Gasteiger partial charge in [-0.15, -0.1) is 0 Å². The number of nitrogens with one attached hydrogen (secondary N) is 2. The van der Waals surface area contributed by atoms with Crippen LogP contribution in [0.15, 0.2) is 47.6 Å². The van der Waals surface area contributed by atoms with E-state index in [0.717, 1.165) is 34.1 Å². The van der Waals surface area contributed by atoms with Gasteiger partial charge in [0.2, 0.25) is 0 Å². The van der Waals surface area contributed by atoms with Crippen molar-refractivity contribution >= 4 is 11.6 Å². The summed E-state index contributed by atoms with van der Waals surface area (Å²) < 4.78 is 12.9. The molecule has 1 atom stereocenters. The molecule has 28 heavy (non-hydrogen) atoms. The van der Waals surface area contributed by atoms with Gasteiger partial charge in [0.25, 0.3) is 0 Å². The number of pyridine rings is 1. The molecule has 0 saturated carbocycles. The van der Waals surface area contributed by atoms with Crippen molar-refractivity contribution in [3.63, 3.8) is 0 Å². The number of imidazole rings is 1. The van der Waals surface area contributed by atoms with Gasteiger partial charge in [-0.05, 0) is 44.2 Å². The fraction of sp³-hybridized carbons (Fsp3) is 0.333. The molecule has 3 rings (SSSR count). The van der Waals surface area contributed by atoms with Crippen LogP contribution in [-0.4, -0.2) is 36.6 Å². The number of methoxy groups -OCH3 is 2. The summed E-state index contributed by atoms with van der Waals surface area (Å²) in [6, 6.07) is 11.8. The lowest BCUT2D eigenvalue weighted by atomic mass is 10.1. The molecule has 0 amide bonds. The Morgan fingerprint density at radius 1 is 1.21 bits per heavy atom. The highest BCUT2D eigenvalue weighted by atomic mass is 16.5. The topological polar surface area (TPSA) is 72.2 Å². The second-order valence-corrected chi connectivity index (χ2v) is 6.53. The van der Waals surface area contributed by atoms with E-state index in [4.69, 9.17) is 9.47 Å². The van der Waals surface area contributed by atoms with E-state index in [1.807, 2.05) is 36.5 Å². The minimum Gasteiger partial charge on any atom is -0.497 e. The lowest BCUT2D eigenvalue weighted by molar-refractivity contribution is 0.394. The van der Waals surface area contributed by atoms with Crippen molar-refractivity contribution in [3.05, 3.63) is 59.5 Å². The van der Waals surface area contributed by atoms with Gasteiger partial charge in [0.15, 0.2) is 5.96 Å². The maximum absolute atomic E-state index is 5.49. The van der Waals surface area contributed by atoms with Crippen molar-refractivity contribution in [2.75, 3.05) is 21.3 Å². The van der Waals surface area contributed by atoms with Crippen molar-refractivity contribution in [3.8, 4) is 11.5 Å². The van der Waals surface area contributed by atoms with E-state index in [2.05, 4.69) is 44.9 Å². The number of aryl methyl sites for hydroxylation is 1. The van der Waals surface area contributed by atoms with Crippen molar-refractivity contribution in [2.24, 2.45) is 4.99 Å². The fourth-order valence-electron chi connectivity index (χ4n) is 3.11. The summed E-state index contributed by atoms with van der Waals surface area (Å²) in [5, 5.41) is 6.72. The normalized spacial score (nSPS) is 12.7. The number of aromatic nitrogens is 2. The maximum atomic E-state index is 5.49. The Balaban J connectivity index is 1.69. The van der Waals surface area contributed by atoms with Crippen molar-refractivity contribution in [2.45, 2.75) is 26.4 Å². The molecule has 0 spiro atoms. The number of hydrogen-bond acceptors (Lipinski definition) is 4. The van der Waals surface area contributed by atoms with E-state index in [0.29, 0.717) is 12.5 Å². The van der Waals surface area contributed by atoms with E-state index in [-0.39, 0.29) is 6.04 Å². The summed E-state index contributed by atoms with van der Waals surface area (Å²) in [5.74, 6) is 2.27. The summed E-state index contributed by atoms with van der Waals surface area (Å²) in [5.41, 5.74) is 4.03. The molecule has 0 radical (unpaired) electrons. The number of ether oxygens (including phenoxy) is 2. The Hall–Kier alpha value is -3.22. The van der Waals surface area contributed by atoms with Gasteiger partial charge < -0.3 is 24.5 Å². The highest BCUT2D eigenvalue weighted by molar-refractivity contribution is 5.80. The monoisotopic (exact) mass is 381 g/mol. The van der Waals surface area contributed by atoms with Crippen LogP contribution in [0, 0.1) is 6.92 Å². The molecule has 148 valence electrons. The zero-order valence-corrected chi connectivity index (χ0v) is 17.0. The van der Waals surface area contributed by atoms with Gasteiger partial charge in [0, 0.05) is 24.5 Å². The molecule has 0 aliphatic carbocycles. The second-order valence-electron chi connectivity index (χ2n) is 6.53. The Bertz CT molecular complexity index is 980. The molecule has 7 heteroatoms. The average molecular weight is 381 g/mol. The average Bonchev–Trinajstić information content (AvgIpc) is 3.15. The molecule has 0 bridgehead atoms. The van der Waals surface area contributed by atoms with Crippen LogP contribution in [0.1, 0.15) is 29.9 Å². The van der Waals surface area contributed by atoms with Crippen LogP contribution in [0.25, 0.3) is 5.65 Å². The standard InChI is InChI=1S/C21H27N5O2/c1-14-7-6-8-20-25-16(13-26(14)20)12-23-21(22-3)24-15(2)18-11-17(27-4)9-10-19(18)28-5/h6-11,13,15H,12H2,1-5H3,(H2,22,23,24). The number of rotatable bonds is 6. The van der Waals surface area contributed by atoms with Crippen LogP contribution in [0.5, 0.6) is 11.5 Å². The lowest BCUT2D eigenvalue weighted by Gasteiger charge is -2.20. The third kappa shape index (κ3) is 4.19. The second kappa shape index (κ2) is 8.65. The first-order valence-electron chi connectivity index (χ1n) is 9.18. The van der Waals surface area contributed by atoms with E-state index < -0.39 is 0 Å². The largest absolute Gasteiger partial charge is 0.497 e. The van der Waals surface area contributed by atoms with Gasteiger partial charge in [-0.25, -0.2) is 4.98 Å². The van der Waals surface area contributed by atoms with Crippen LogP contribution >= 0.6 is 0 Å². The minimum atomic E-state index is -0.0282. The smallest absolute Gasteiger partial charge is 0.191 e. The zero-order valence-electron chi connectivity index (χ0n) is 17.0. The molecular weight excluding hydrogens is 354 g/mol. The van der Waals surface area contributed by atoms with Crippen LogP contribution in [0.4, 0.5) is 0 Å². The first kappa shape index (κ1) is 19.5. The Morgan fingerprint density at radius 2 is 2.04 bits per heavy atom. The molecule has 1 aromatic carbocycles. The third-order valence-corrected chi connectivity index (χ3v) is 4.66. The quantitative estimate of drug-likeness (QED) is 0.507. The van der Waals surface area contributed by atoms with Gasteiger partial charge in [0.05, 0.1) is 32.5 Å². The number of guanidine groups is 1. The molecule has 0 saturated heterocycles. The van der Waals surface area contributed by atoms with Gasteiger partial charge in [-0.2, -0.15) is 0 Å². The summed E-state index contributed by atoms with van der Waals surface area (Å²) in [6.07, 6.45) is 2.04. The number of nitrogens with zero attached hydrogens (tertiary/aromatic N) is 3. The molecule has 2 heterocycles. The SMILES string of the molecule is CN=C(NCc1cn2c(C)cccc2n1)NC(C)c1cc(OC)ccc1OC. The van der Waals surface area contributed by atoms with Crippen molar-refractivity contribution in [1.82, 2.24) is 20.0 Å². The molecule has 0 fully saturated rings. The number of aliphatic imine (C=N–C) groups is 1. The van der Waals surface area contributed by atoms with E-state index in [1.165, 1.54) is 0 Å². The Kier molecular flexibility index (Phi) is 6.03. The Morgan fingerprint density at radius 3 is 2.71 bits per heavy atom. The minimum absolute atomic E-state index is 0.0282. The molecular formula is C21H27N5O2. The van der Waals surface area contributed by atoms with E-state index >= 15 is 0 Å². The molecule has 1 unspecified atom stereocenters. The number of benzene rings is 1. The zero-order chi connectivity index (χ0) is 20.1. The first-order valence-corrected chi connectivity index (χ1v) is 9.18. The van der Waals surface area contributed by atoms with Crippen molar-refractivity contribution in [1.29, 1.82) is 0 Å². The maximum Gasteiger partial charge on any atom is 0.191 e. The summed E-state index contributed by atoms with van der Waals surface area (Å²) >= 11 is 0. The van der Waals surface area contributed by atoms with Crippen LogP contribution < -0.4 is 20.1 Å². The first-order chi connectivity index (χ1) is 13.5. The third-order valence-electron chi connectivity index (χ3n) is 4.66. The molecule has 2 N–H and O–H groups in total. The van der Waals surface area contributed by atoms with Crippen LogP contribution in [0.2, 0.25) is 0 Å². The lowest BCUT2D eigenvalue weighted by Crippen LogP contribution is -2.38. The van der Waals surface area contributed by atoms with Gasteiger partial charge in [0.1, 0.15) is 17.1 Å². The molecule has 3 aromatic rings. The summed E-state index contributed by atoms with van der Waals surface area (Å²) in [6.45, 7) is 4.69. The summed E-state index contributed by atoms with van der Waals surface area (Å²) in [7, 11) is 5.07. The number of hydrogen-bond donors (Lipinski definition) is 2. The fourth-order valence-corrected chi connectivity index (χ4v) is 3.11. The number of fused-ring (bicyclic) bond motifs is 1. The Labute approximate surface area is 165 Å². The van der Waals surface area contributed by atoms with Gasteiger partial charge in [-0.3, -0.25) is 4.99 Å². The highest BCUT2D eigenvalue weighted by Gasteiger charge is 2.14. The molecule has 2 aromatic heterocycles. The van der Waals surface area contributed by atoms with Crippen LogP contribution in [0.3, 0.4) is 0 Å². The van der Waals surface area contributed by atoms with Crippen molar-refractivity contribution < 1.29 is 9.47 Å². The molecule has 0 aliphatic heterocycles. The highest BCUT2D eigenvalue weighted by Crippen LogP contribution is 2.29. The van der Waals surface area contributed by atoms with Gasteiger partial charge >= 0.3 is 0 Å². The molecule has 0 aliphatic rings. The van der Waals surface area contributed by atoms with Crippen LogP contribution in [-0.2, 0) is 6.54 Å². The predicted molar refractivity (Wildman–Crippen MR) is 111 cm³/mol. The molecule has 7 nitrogen and oxygen atoms in total. The van der Waals surface area contributed by atoms with Gasteiger partial charge in [-0.1, -0.05) is 6.07 Å². The van der Waals surface area contributed by atoms with E-state index in [1.54, 1.807) is 21.3 Å². The summed E-state index contributed by atoms with van der Waals surface area (Å²) in [4.78, 5) is 8.97.